The molecule has 1 heterocycles. The number of carbonyl (C=O) groups excluding carboxylic acids is 1. The molecule has 6 nitrogen and oxygen atoms in total. The number of ether oxygens (including phenoxy) is 2. The Morgan fingerprint density at radius 2 is 2.14 bits per heavy atom. The van der Waals surface area contributed by atoms with Crippen molar-refractivity contribution in [2.75, 3.05) is 20.3 Å². The molecule has 0 unspecified atom stereocenters. The second-order valence-corrected chi connectivity index (χ2v) is 4.79. The van der Waals surface area contributed by atoms with Gasteiger partial charge in [-0.3, -0.25) is 4.79 Å². The van der Waals surface area contributed by atoms with E-state index in [0.29, 0.717) is 43.1 Å². The van der Waals surface area contributed by atoms with Crippen molar-refractivity contribution in [1.29, 1.82) is 0 Å². The number of aliphatic carboxylic acids is 1. The Kier molecular flexibility index (Phi) is 4.67. The number of amides is 1. The number of hydrogen-bond acceptors (Lipinski definition) is 4. The van der Waals surface area contributed by atoms with Crippen molar-refractivity contribution in [2.45, 2.75) is 25.8 Å². The SMILES string of the molecule is CCOc1cc(C(=O)N2CCC[C@H]2C(=O)O)ccc1OC. The first-order valence-corrected chi connectivity index (χ1v) is 6.93. The maximum absolute atomic E-state index is 12.5. The van der Waals surface area contributed by atoms with E-state index in [9.17, 15) is 9.59 Å². The molecule has 2 rings (SSSR count). The zero-order chi connectivity index (χ0) is 15.4. The van der Waals surface area contributed by atoms with Gasteiger partial charge in [0.15, 0.2) is 11.5 Å². The van der Waals surface area contributed by atoms with Crippen LogP contribution in [0.1, 0.15) is 30.1 Å². The van der Waals surface area contributed by atoms with Gasteiger partial charge in [0.25, 0.3) is 5.91 Å². The van der Waals surface area contributed by atoms with Gasteiger partial charge in [-0.05, 0) is 38.0 Å². The minimum Gasteiger partial charge on any atom is -0.493 e. The Bertz CT molecular complexity index is 543. The molecule has 1 aliphatic rings. The highest BCUT2D eigenvalue weighted by atomic mass is 16.5. The van der Waals surface area contributed by atoms with Crippen LogP contribution in [0.3, 0.4) is 0 Å². The minimum absolute atomic E-state index is 0.288. The summed E-state index contributed by atoms with van der Waals surface area (Å²) in [5.74, 6) is -0.218. The lowest BCUT2D eigenvalue weighted by atomic mass is 10.1. The number of methoxy groups -OCH3 is 1. The van der Waals surface area contributed by atoms with Crippen molar-refractivity contribution < 1.29 is 24.2 Å². The molecule has 1 amide bonds. The van der Waals surface area contributed by atoms with E-state index in [0.717, 1.165) is 0 Å². The lowest BCUT2D eigenvalue weighted by Crippen LogP contribution is -2.40. The molecule has 6 heteroatoms. The Hall–Kier alpha value is -2.24. The van der Waals surface area contributed by atoms with Crippen molar-refractivity contribution in [1.82, 2.24) is 4.90 Å². The number of carboxylic acids is 1. The second-order valence-electron chi connectivity index (χ2n) is 4.79. The predicted octanol–water partition coefficient (Wildman–Crippen LogP) is 1.78. The molecule has 0 aromatic heterocycles. The number of carbonyl (C=O) groups is 2. The average Bonchev–Trinajstić information content (AvgIpc) is 2.96. The first kappa shape index (κ1) is 15.2. The van der Waals surface area contributed by atoms with E-state index >= 15 is 0 Å². The van der Waals surface area contributed by atoms with E-state index in [4.69, 9.17) is 14.6 Å². The second kappa shape index (κ2) is 6.47. The van der Waals surface area contributed by atoms with Crippen LogP contribution in [0.4, 0.5) is 0 Å². The molecule has 0 bridgehead atoms. The third-order valence-electron chi connectivity index (χ3n) is 3.51. The lowest BCUT2D eigenvalue weighted by Gasteiger charge is -2.22. The summed E-state index contributed by atoms with van der Waals surface area (Å²) in [6, 6.07) is 4.14. The zero-order valence-corrected chi connectivity index (χ0v) is 12.2. The molecule has 21 heavy (non-hydrogen) atoms. The van der Waals surface area contributed by atoms with Crippen LogP contribution >= 0.6 is 0 Å². The molecular weight excluding hydrogens is 274 g/mol. The van der Waals surface area contributed by atoms with Crippen LogP contribution in [0, 0.1) is 0 Å². The van der Waals surface area contributed by atoms with Crippen molar-refractivity contribution in [3.8, 4) is 11.5 Å². The van der Waals surface area contributed by atoms with E-state index in [1.54, 1.807) is 18.2 Å². The van der Waals surface area contributed by atoms with Gasteiger partial charge in [0.2, 0.25) is 0 Å². The van der Waals surface area contributed by atoms with Crippen molar-refractivity contribution in [3.05, 3.63) is 23.8 Å². The summed E-state index contributed by atoms with van der Waals surface area (Å²) < 4.78 is 10.6. The van der Waals surface area contributed by atoms with Gasteiger partial charge in [0, 0.05) is 12.1 Å². The summed E-state index contributed by atoms with van der Waals surface area (Å²) in [5.41, 5.74) is 0.410. The Labute approximate surface area is 123 Å². The summed E-state index contributed by atoms with van der Waals surface area (Å²) in [6.07, 6.45) is 1.20. The molecule has 1 aromatic rings. The summed E-state index contributed by atoms with van der Waals surface area (Å²) in [4.78, 5) is 25.1. The monoisotopic (exact) mass is 293 g/mol. The molecule has 1 saturated heterocycles. The fourth-order valence-corrected chi connectivity index (χ4v) is 2.51. The molecule has 1 aliphatic heterocycles. The van der Waals surface area contributed by atoms with E-state index in [1.165, 1.54) is 12.0 Å². The van der Waals surface area contributed by atoms with Crippen LogP contribution in [0.2, 0.25) is 0 Å². The van der Waals surface area contributed by atoms with E-state index in [-0.39, 0.29) is 5.91 Å². The van der Waals surface area contributed by atoms with Gasteiger partial charge in [-0.15, -0.1) is 0 Å². The molecule has 0 radical (unpaired) electrons. The van der Waals surface area contributed by atoms with Gasteiger partial charge >= 0.3 is 5.97 Å². The first-order chi connectivity index (χ1) is 10.1. The van der Waals surface area contributed by atoms with Gasteiger partial charge in [0.05, 0.1) is 13.7 Å². The first-order valence-electron chi connectivity index (χ1n) is 6.93. The molecule has 1 atom stereocenters. The fraction of sp³-hybridized carbons (Fsp3) is 0.467. The normalized spacial score (nSPS) is 17.6. The Morgan fingerprint density at radius 1 is 1.38 bits per heavy atom. The molecule has 1 N–H and O–H groups in total. The molecule has 114 valence electrons. The van der Waals surface area contributed by atoms with Gasteiger partial charge in [0.1, 0.15) is 6.04 Å². The van der Waals surface area contributed by atoms with Crippen LogP contribution in [-0.2, 0) is 4.79 Å². The number of hydrogen-bond donors (Lipinski definition) is 1. The summed E-state index contributed by atoms with van der Waals surface area (Å²) >= 11 is 0. The maximum Gasteiger partial charge on any atom is 0.326 e. The molecule has 1 fully saturated rings. The quantitative estimate of drug-likeness (QED) is 0.895. The highest BCUT2D eigenvalue weighted by Gasteiger charge is 2.34. The molecule has 0 spiro atoms. The van der Waals surface area contributed by atoms with Gasteiger partial charge in [-0.25, -0.2) is 4.79 Å². The molecule has 1 aromatic carbocycles. The number of rotatable bonds is 5. The van der Waals surface area contributed by atoms with Gasteiger partial charge in [-0.2, -0.15) is 0 Å². The van der Waals surface area contributed by atoms with Gasteiger partial charge in [-0.1, -0.05) is 0 Å². The average molecular weight is 293 g/mol. The summed E-state index contributed by atoms with van der Waals surface area (Å²) in [5, 5.41) is 9.16. The van der Waals surface area contributed by atoms with Crippen molar-refractivity contribution in [3.63, 3.8) is 0 Å². The number of benzene rings is 1. The summed E-state index contributed by atoms with van der Waals surface area (Å²) in [7, 11) is 1.53. The van der Waals surface area contributed by atoms with Crippen LogP contribution in [-0.4, -0.2) is 48.2 Å². The van der Waals surface area contributed by atoms with E-state index < -0.39 is 12.0 Å². The van der Waals surface area contributed by atoms with E-state index in [1.807, 2.05) is 6.92 Å². The van der Waals surface area contributed by atoms with Crippen LogP contribution in [0.15, 0.2) is 18.2 Å². The highest BCUT2D eigenvalue weighted by molar-refractivity contribution is 5.97. The van der Waals surface area contributed by atoms with Crippen molar-refractivity contribution >= 4 is 11.9 Å². The Morgan fingerprint density at radius 3 is 2.76 bits per heavy atom. The highest BCUT2D eigenvalue weighted by Crippen LogP contribution is 2.29. The number of likely N-dealkylation sites (tertiary alicyclic amines) is 1. The third kappa shape index (κ3) is 3.09. The lowest BCUT2D eigenvalue weighted by molar-refractivity contribution is -0.141. The predicted molar refractivity (Wildman–Crippen MR) is 75.9 cm³/mol. The topological polar surface area (TPSA) is 76.1 Å². The standard InChI is InChI=1S/C15H19NO5/c1-3-21-13-9-10(6-7-12(13)20-2)14(17)16-8-4-5-11(16)15(18)19/h6-7,9,11H,3-5,8H2,1-2H3,(H,18,19)/t11-/m0/s1. The van der Waals surface area contributed by atoms with Gasteiger partial charge < -0.3 is 19.5 Å². The van der Waals surface area contributed by atoms with Crippen LogP contribution in [0.5, 0.6) is 11.5 Å². The molecule has 0 aliphatic carbocycles. The zero-order valence-electron chi connectivity index (χ0n) is 12.2. The fourth-order valence-electron chi connectivity index (χ4n) is 2.51. The third-order valence-corrected chi connectivity index (χ3v) is 3.51. The van der Waals surface area contributed by atoms with Crippen LogP contribution < -0.4 is 9.47 Å². The summed E-state index contributed by atoms with van der Waals surface area (Å²) in [6.45, 7) is 2.76. The maximum atomic E-state index is 12.5. The Balaban J connectivity index is 2.26. The molecule has 0 saturated carbocycles. The largest absolute Gasteiger partial charge is 0.493 e. The molecular formula is C15H19NO5. The number of nitrogens with zero attached hydrogens (tertiary/aromatic N) is 1. The van der Waals surface area contributed by atoms with Crippen molar-refractivity contribution in [2.24, 2.45) is 0 Å². The minimum atomic E-state index is -0.959. The van der Waals surface area contributed by atoms with Crippen LogP contribution in [0.25, 0.3) is 0 Å². The smallest absolute Gasteiger partial charge is 0.326 e. The van der Waals surface area contributed by atoms with E-state index in [2.05, 4.69) is 0 Å². The number of carboxylic acid groups (broad SMARTS) is 1.